The van der Waals surface area contributed by atoms with Gasteiger partial charge in [0.1, 0.15) is 5.75 Å². The summed E-state index contributed by atoms with van der Waals surface area (Å²) in [5, 5.41) is 9.67. The van der Waals surface area contributed by atoms with E-state index >= 15 is 0 Å². The number of benzene rings is 1. The monoisotopic (exact) mass is 264 g/mol. The maximum Gasteiger partial charge on any atom is 0.125 e. The summed E-state index contributed by atoms with van der Waals surface area (Å²) in [4.78, 5) is 4.18. The number of nitrogen functional groups attached to an aromatic ring is 1. The highest BCUT2D eigenvalue weighted by molar-refractivity contribution is 9.10. The van der Waals surface area contributed by atoms with Crippen molar-refractivity contribution in [3.63, 3.8) is 0 Å². The molecule has 15 heavy (non-hydrogen) atoms. The highest BCUT2D eigenvalue weighted by Crippen LogP contribution is 2.32. The Labute approximate surface area is 95.7 Å². The van der Waals surface area contributed by atoms with Crippen LogP contribution in [-0.2, 0) is 0 Å². The topological polar surface area (TPSA) is 59.1 Å². The van der Waals surface area contributed by atoms with Crippen LogP contribution in [0, 0.1) is 0 Å². The van der Waals surface area contributed by atoms with Crippen molar-refractivity contribution in [2.75, 3.05) is 5.73 Å². The van der Waals surface area contributed by atoms with Crippen molar-refractivity contribution in [3.8, 4) is 17.0 Å². The van der Waals surface area contributed by atoms with Gasteiger partial charge < -0.3 is 10.8 Å². The summed E-state index contributed by atoms with van der Waals surface area (Å²) in [6.07, 6.45) is 1.56. The second-order valence-electron chi connectivity index (χ2n) is 3.12. The van der Waals surface area contributed by atoms with Crippen LogP contribution >= 0.6 is 15.9 Å². The average molecular weight is 265 g/mol. The van der Waals surface area contributed by atoms with Crippen LogP contribution < -0.4 is 5.73 Å². The van der Waals surface area contributed by atoms with Gasteiger partial charge in [0.2, 0.25) is 0 Å². The molecule has 0 bridgehead atoms. The number of aromatic nitrogens is 1. The number of phenols is 1. The Bertz CT molecular complexity index is 500. The molecule has 0 spiro atoms. The van der Waals surface area contributed by atoms with Crippen molar-refractivity contribution in [2.24, 2.45) is 0 Å². The van der Waals surface area contributed by atoms with Gasteiger partial charge in [-0.1, -0.05) is 12.1 Å². The molecule has 0 aliphatic heterocycles. The molecule has 0 atom stereocenters. The SMILES string of the molecule is Nc1cnc(-c2ccccc2O)c(Br)c1. The van der Waals surface area contributed by atoms with Crippen molar-refractivity contribution in [1.82, 2.24) is 4.98 Å². The first kappa shape index (κ1) is 9.98. The Balaban J connectivity index is 2.60. The molecule has 3 nitrogen and oxygen atoms in total. The lowest BCUT2D eigenvalue weighted by atomic mass is 10.1. The van der Waals surface area contributed by atoms with Crippen molar-refractivity contribution in [2.45, 2.75) is 0 Å². The zero-order chi connectivity index (χ0) is 10.8. The van der Waals surface area contributed by atoms with Crippen LogP contribution in [-0.4, -0.2) is 10.1 Å². The zero-order valence-electron chi connectivity index (χ0n) is 7.81. The molecule has 4 heteroatoms. The van der Waals surface area contributed by atoms with Crippen LogP contribution in [0.5, 0.6) is 5.75 Å². The zero-order valence-corrected chi connectivity index (χ0v) is 9.40. The van der Waals surface area contributed by atoms with E-state index in [9.17, 15) is 5.11 Å². The summed E-state index contributed by atoms with van der Waals surface area (Å²) in [7, 11) is 0. The van der Waals surface area contributed by atoms with Gasteiger partial charge in [0.05, 0.1) is 17.6 Å². The second-order valence-corrected chi connectivity index (χ2v) is 3.97. The van der Waals surface area contributed by atoms with Crippen LogP contribution in [0.25, 0.3) is 11.3 Å². The maximum atomic E-state index is 9.67. The second kappa shape index (κ2) is 3.90. The molecule has 0 radical (unpaired) electrons. The van der Waals surface area contributed by atoms with Crippen LogP contribution in [0.4, 0.5) is 5.69 Å². The number of nitrogens with two attached hydrogens (primary N) is 1. The van der Waals surface area contributed by atoms with Crippen LogP contribution in [0.1, 0.15) is 0 Å². The smallest absolute Gasteiger partial charge is 0.125 e. The van der Waals surface area contributed by atoms with Gasteiger partial charge in [-0.3, -0.25) is 4.98 Å². The van der Waals surface area contributed by atoms with Gasteiger partial charge in [0.25, 0.3) is 0 Å². The highest BCUT2D eigenvalue weighted by Gasteiger charge is 2.08. The molecule has 0 amide bonds. The molecule has 1 heterocycles. The Morgan fingerprint density at radius 1 is 1.27 bits per heavy atom. The first-order valence-electron chi connectivity index (χ1n) is 4.38. The lowest BCUT2D eigenvalue weighted by Gasteiger charge is -2.06. The minimum Gasteiger partial charge on any atom is -0.507 e. The summed E-state index contributed by atoms with van der Waals surface area (Å²) >= 11 is 3.36. The van der Waals surface area contributed by atoms with Gasteiger partial charge in [-0.05, 0) is 34.1 Å². The lowest BCUT2D eigenvalue weighted by Crippen LogP contribution is -1.90. The lowest BCUT2D eigenvalue weighted by molar-refractivity contribution is 0.477. The fourth-order valence-corrected chi connectivity index (χ4v) is 1.91. The minimum absolute atomic E-state index is 0.204. The van der Waals surface area contributed by atoms with Crippen molar-refractivity contribution < 1.29 is 5.11 Å². The molecular weight excluding hydrogens is 256 g/mol. The first-order valence-corrected chi connectivity index (χ1v) is 5.17. The molecule has 0 saturated carbocycles. The summed E-state index contributed by atoms with van der Waals surface area (Å²) in [6, 6.07) is 8.80. The molecule has 0 aliphatic carbocycles. The maximum absolute atomic E-state index is 9.67. The fraction of sp³-hybridized carbons (Fsp3) is 0. The predicted molar refractivity (Wildman–Crippen MR) is 63.5 cm³/mol. The molecule has 1 aromatic carbocycles. The van der Waals surface area contributed by atoms with Crippen LogP contribution in [0.15, 0.2) is 41.0 Å². The molecule has 0 unspecified atom stereocenters. The number of hydrogen-bond acceptors (Lipinski definition) is 3. The third-order valence-electron chi connectivity index (χ3n) is 2.02. The Morgan fingerprint density at radius 2 is 2.00 bits per heavy atom. The van der Waals surface area contributed by atoms with Crippen molar-refractivity contribution in [1.29, 1.82) is 0 Å². The fourth-order valence-electron chi connectivity index (χ4n) is 1.32. The Hall–Kier alpha value is -1.55. The molecule has 2 aromatic rings. The van der Waals surface area contributed by atoms with E-state index in [4.69, 9.17) is 5.73 Å². The summed E-state index contributed by atoms with van der Waals surface area (Å²) < 4.78 is 0.768. The number of phenolic OH excluding ortho intramolecular Hbond substituents is 1. The largest absolute Gasteiger partial charge is 0.507 e. The quantitative estimate of drug-likeness (QED) is 0.833. The molecular formula is C11H9BrN2O. The van der Waals surface area contributed by atoms with Gasteiger partial charge >= 0.3 is 0 Å². The highest BCUT2D eigenvalue weighted by atomic mass is 79.9. The number of para-hydroxylation sites is 1. The molecule has 1 aromatic heterocycles. The molecule has 0 fully saturated rings. The average Bonchev–Trinajstić information content (AvgIpc) is 2.20. The van der Waals surface area contributed by atoms with Gasteiger partial charge in [0, 0.05) is 10.0 Å². The number of hydrogen-bond donors (Lipinski definition) is 2. The van der Waals surface area contributed by atoms with E-state index in [0.29, 0.717) is 16.9 Å². The third-order valence-corrected chi connectivity index (χ3v) is 2.63. The van der Waals surface area contributed by atoms with Crippen molar-refractivity contribution in [3.05, 3.63) is 41.0 Å². The number of rotatable bonds is 1. The number of pyridine rings is 1. The minimum atomic E-state index is 0.204. The molecule has 76 valence electrons. The summed E-state index contributed by atoms with van der Waals surface area (Å²) in [6.45, 7) is 0. The van der Waals surface area contributed by atoms with E-state index in [-0.39, 0.29) is 5.75 Å². The van der Waals surface area contributed by atoms with Crippen LogP contribution in [0.3, 0.4) is 0 Å². The Kier molecular flexibility index (Phi) is 2.60. The number of aromatic hydroxyl groups is 1. The van der Waals surface area contributed by atoms with E-state index in [1.807, 2.05) is 6.07 Å². The van der Waals surface area contributed by atoms with Gasteiger partial charge in [-0.2, -0.15) is 0 Å². The normalized spacial score (nSPS) is 10.2. The first-order chi connectivity index (χ1) is 7.18. The van der Waals surface area contributed by atoms with Gasteiger partial charge in [0.15, 0.2) is 0 Å². The molecule has 0 saturated heterocycles. The molecule has 2 rings (SSSR count). The van der Waals surface area contributed by atoms with Gasteiger partial charge in [-0.15, -0.1) is 0 Å². The van der Waals surface area contributed by atoms with Crippen LogP contribution in [0.2, 0.25) is 0 Å². The van der Waals surface area contributed by atoms with E-state index in [2.05, 4.69) is 20.9 Å². The van der Waals surface area contributed by atoms with Crippen molar-refractivity contribution >= 4 is 21.6 Å². The van der Waals surface area contributed by atoms with E-state index in [1.54, 1.807) is 30.5 Å². The van der Waals surface area contributed by atoms with E-state index in [1.165, 1.54) is 0 Å². The van der Waals surface area contributed by atoms with E-state index < -0.39 is 0 Å². The van der Waals surface area contributed by atoms with Gasteiger partial charge in [-0.25, -0.2) is 0 Å². The summed E-state index contributed by atoms with van der Waals surface area (Å²) in [5.41, 5.74) is 7.54. The number of halogens is 1. The Morgan fingerprint density at radius 3 is 2.67 bits per heavy atom. The molecule has 0 aliphatic rings. The summed E-state index contributed by atoms with van der Waals surface area (Å²) in [5.74, 6) is 0.204. The number of nitrogens with zero attached hydrogens (tertiary/aromatic N) is 1. The number of anilines is 1. The third kappa shape index (κ3) is 1.94. The standard InChI is InChI=1S/C11H9BrN2O/c12-9-5-7(13)6-14-11(9)8-3-1-2-4-10(8)15/h1-6,15H,13H2. The predicted octanol–water partition coefficient (Wildman–Crippen LogP) is 2.80. The van der Waals surface area contributed by atoms with E-state index in [0.717, 1.165) is 4.47 Å². The molecule has 3 N–H and O–H groups in total.